The summed E-state index contributed by atoms with van der Waals surface area (Å²) in [5.74, 6) is -0.599. The third-order valence-electron chi connectivity index (χ3n) is 3.97. The number of imidazole rings is 1. The molecule has 0 aliphatic rings. The first-order chi connectivity index (χ1) is 13.2. The van der Waals surface area contributed by atoms with Crippen molar-refractivity contribution in [2.75, 3.05) is 0 Å². The summed E-state index contributed by atoms with van der Waals surface area (Å²) in [4.78, 5) is 40.4. The molecule has 1 aromatic carbocycles. The van der Waals surface area contributed by atoms with E-state index in [0.29, 0.717) is 15.1 Å². The first-order valence-electron chi connectivity index (χ1n) is 7.81. The van der Waals surface area contributed by atoms with Crippen LogP contribution in [-0.4, -0.2) is 35.9 Å². The summed E-state index contributed by atoms with van der Waals surface area (Å²) in [6, 6.07) is 3.00. The maximum absolute atomic E-state index is 12.2. The van der Waals surface area contributed by atoms with Crippen LogP contribution < -0.4 is 16.7 Å². The molecule has 0 aliphatic heterocycles. The average molecular weight is 470 g/mol. The van der Waals surface area contributed by atoms with Gasteiger partial charge >= 0.3 is 5.69 Å². The Balaban J connectivity index is 1.81. The van der Waals surface area contributed by atoms with E-state index in [2.05, 4.69) is 31.4 Å². The lowest BCUT2D eigenvalue weighted by atomic mass is 10.2. The van der Waals surface area contributed by atoms with Crippen molar-refractivity contribution in [3.05, 3.63) is 54.4 Å². The Hall–Kier alpha value is -2.92. The van der Waals surface area contributed by atoms with Crippen LogP contribution in [0.2, 0.25) is 5.02 Å². The molecule has 0 aliphatic carbocycles. The summed E-state index contributed by atoms with van der Waals surface area (Å²) in [5.41, 5.74) is 1.84. The van der Waals surface area contributed by atoms with Crippen molar-refractivity contribution in [3.63, 3.8) is 0 Å². The van der Waals surface area contributed by atoms with Crippen molar-refractivity contribution in [3.8, 4) is 5.75 Å². The Labute approximate surface area is 170 Å². The highest BCUT2D eigenvalue weighted by Gasteiger charge is 2.15. The van der Waals surface area contributed by atoms with E-state index in [9.17, 15) is 19.5 Å². The van der Waals surface area contributed by atoms with E-state index < -0.39 is 17.2 Å². The van der Waals surface area contributed by atoms with Gasteiger partial charge in [-0.05, 0) is 28.1 Å². The van der Waals surface area contributed by atoms with E-state index in [1.165, 1.54) is 47.9 Å². The van der Waals surface area contributed by atoms with E-state index in [0.717, 1.165) is 4.57 Å². The number of phenolic OH excluding ortho intramolecular Hbond substituents is 1. The number of nitrogens with zero attached hydrogens (tertiary/aromatic N) is 5. The molecule has 1 amide bonds. The molecule has 0 saturated carbocycles. The summed E-state index contributed by atoms with van der Waals surface area (Å²) in [6.45, 7) is -0.223. The van der Waals surface area contributed by atoms with Gasteiger partial charge in [0, 0.05) is 24.7 Å². The number of carbonyl (C=O) groups excluding carboxylic acids is 1. The number of nitrogens with one attached hydrogen (secondary N) is 1. The molecule has 2 N–H and O–H groups in total. The largest absolute Gasteiger partial charge is 0.506 e. The number of benzene rings is 1. The molecule has 12 heteroatoms. The van der Waals surface area contributed by atoms with Crippen molar-refractivity contribution >= 4 is 50.8 Å². The summed E-state index contributed by atoms with van der Waals surface area (Å²) < 4.78 is 3.94. The fraction of sp³-hybridized carbons (Fsp3) is 0.188. The Morgan fingerprint density at radius 2 is 2.07 bits per heavy atom. The normalized spacial score (nSPS) is 11.4. The van der Waals surface area contributed by atoms with Gasteiger partial charge in [-0.15, -0.1) is 0 Å². The molecular weight excluding hydrogens is 456 g/mol. The minimum absolute atomic E-state index is 0.0751. The zero-order chi connectivity index (χ0) is 20.6. The predicted molar refractivity (Wildman–Crippen MR) is 107 cm³/mol. The molecule has 0 bridgehead atoms. The van der Waals surface area contributed by atoms with Gasteiger partial charge in [0.25, 0.3) is 11.5 Å². The second kappa shape index (κ2) is 7.60. The topological polar surface area (TPSA) is 124 Å². The van der Waals surface area contributed by atoms with Gasteiger partial charge in [0.05, 0.1) is 17.0 Å². The van der Waals surface area contributed by atoms with E-state index in [4.69, 9.17) is 11.6 Å². The van der Waals surface area contributed by atoms with E-state index >= 15 is 0 Å². The van der Waals surface area contributed by atoms with Crippen LogP contribution in [0.4, 0.5) is 0 Å². The van der Waals surface area contributed by atoms with Gasteiger partial charge in [-0.3, -0.25) is 18.7 Å². The van der Waals surface area contributed by atoms with E-state index in [1.54, 1.807) is 0 Å². The summed E-state index contributed by atoms with van der Waals surface area (Å²) >= 11 is 9.06. The van der Waals surface area contributed by atoms with Gasteiger partial charge in [-0.25, -0.2) is 15.2 Å². The summed E-state index contributed by atoms with van der Waals surface area (Å²) in [7, 11) is 2.84. The Bertz CT molecular complexity index is 1240. The monoisotopic (exact) mass is 468 g/mol. The second-order valence-electron chi connectivity index (χ2n) is 5.87. The first-order valence-corrected chi connectivity index (χ1v) is 8.98. The average Bonchev–Trinajstić information content (AvgIpc) is 3.05. The molecule has 0 atom stereocenters. The van der Waals surface area contributed by atoms with Gasteiger partial charge in [-0.2, -0.15) is 5.10 Å². The molecule has 0 saturated heterocycles. The number of aromatic hydroxyl groups is 1. The maximum Gasteiger partial charge on any atom is 0.332 e. The van der Waals surface area contributed by atoms with Crippen molar-refractivity contribution in [2.24, 2.45) is 19.2 Å². The minimum Gasteiger partial charge on any atom is -0.506 e. The number of aromatic nitrogens is 4. The number of phenols is 1. The molecule has 3 rings (SSSR count). The number of hydrazone groups is 1. The van der Waals surface area contributed by atoms with E-state index in [1.807, 2.05) is 0 Å². The number of hydrogen-bond acceptors (Lipinski definition) is 6. The molecule has 28 heavy (non-hydrogen) atoms. The zero-order valence-electron chi connectivity index (χ0n) is 14.7. The number of fused-ring (bicyclic) bond motifs is 1. The van der Waals surface area contributed by atoms with Gasteiger partial charge in [-0.1, -0.05) is 11.6 Å². The molecule has 10 nitrogen and oxygen atoms in total. The number of aryl methyl sites for hydroxylation is 1. The van der Waals surface area contributed by atoms with Crippen LogP contribution in [0.25, 0.3) is 11.2 Å². The van der Waals surface area contributed by atoms with Gasteiger partial charge < -0.3 is 9.67 Å². The molecule has 0 spiro atoms. The van der Waals surface area contributed by atoms with Crippen LogP contribution >= 0.6 is 27.5 Å². The van der Waals surface area contributed by atoms with Gasteiger partial charge in [0.1, 0.15) is 17.9 Å². The Morgan fingerprint density at radius 1 is 1.36 bits per heavy atom. The van der Waals surface area contributed by atoms with Crippen LogP contribution in [0.15, 0.2) is 37.6 Å². The third-order valence-corrected chi connectivity index (χ3v) is 4.80. The fourth-order valence-electron chi connectivity index (χ4n) is 2.60. The van der Waals surface area contributed by atoms with Crippen LogP contribution in [0.3, 0.4) is 0 Å². The number of rotatable bonds is 4. The predicted octanol–water partition coefficient (Wildman–Crippen LogP) is 0.705. The molecule has 0 unspecified atom stereocenters. The Morgan fingerprint density at radius 3 is 2.79 bits per heavy atom. The van der Waals surface area contributed by atoms with Crippen LogP contribution in [0, 0.1) is 0 Å². The van der Waals surface area contributed by atoms with Crippen molar-refractivity contribution in [2.45, 2.75) is 6.54 Å². The summed E-state index contributed by atoms with van der Waals surface area (Å²) in [5, 5.41) is 14.1. The Kier molecular flexibility index (Phi) is 5.38. The lowest BCUT2D eigenvalue weighted by Gasteiger charge is -2.08. The SMILES string of the molecule is Cn1c(=O)c2ncn(CC(=O)NN=Cc3cc(Cl)cc(Br)c3O)c2n(C)c1=O. The minimum atomic E-state index is -0.544. The van der Waals surface area contributed by atoms with Gasteiger partial charge in [0.2, 0.25) is 0 Å². The molecule has 0 fully saturated rings. The van der Waals surface area contributed by atoms with Crippen molar-refractivity contribution < 1.29 is 9.90 Å². The lowest BCUT2D eigenvalue weighted by molar-refractivity contribution is -0.121. The van der Waals surface area contributed by atoms with Crippen LogP contribution in [0.1, 0.15) is 5.56 Å². The summed E-state index contributed by atoms with van der Waals surface area (Å²) in [6.07, 6.45) is 2.54. The highest BCUT2D eigenvalue weighted by molar-refractivity contribution is 9.10. The molecule has 3 aromatic rings. The number of amides is 1. The molecule has 146 valence electrons. The quantitative estimate of drug-likeness (QED) is 0.430. The number of hydrogen-bond donors (Lipinski definition) is 2. The highest BCUT2D eigenvalue weighted by atomic mass is 79.9. The van der Waals surface area contributed by atoms with Crippen molar-refractivity contribution in [1.29, 1.82) is 0 Å². The fourth-order valence-corrected chi connectivity index (χ4v) is 3.44. The molecular formula is C16H14BrClN6O4. The standard InChI is InChI=1S/C16H14BrClN6O4/c1-22-14-12(15(27)23(2)16(22)28)19-7-24(14)6-11(25)21-20-5-8-3-9(18)4-10(17)13(8)26/h3-5,7,26H,6H2,1-2H3,(H,21,25). The zero-order valence-corrected chi connectivity index (χ0v) is 17.0. The lowest BCUT2D eigenvalue weighted by Crippen LogP contribution is -2.37. The van der Waals surface area contributed by atoms with Crippen molar-refractivity contribution in [1.82, 2.24) is 24.1 Å². The maximum atomic E-state index is 12.2. The first kappa shape index (κ1) is 19.8. The third kappa shape index (κ3) is 3.58. The molecule has 0 radical (unpaired) electrons. The highest BCUT2D eigenvalue weighted by Crippen LogP contribution is 2.30. The molecule has 2 heterocycles. The smallest absolute Gasteiger partial charge is 0.332 e. The van der Waals surface area contributed by atoms with E-state index in [-0.39, 0.29) is 23.5 Å². The number of carbonyl (C=O) groups is 1. The van der Waals surface area contributed by atoms with Crippen LogP contribution in [-0.2, 0) is 25.4 Å². The molecule has 2 aromatic heterocycles. The van der Waals surface area contributed by atoms with Crippen LogP contribution in [0.5, 0.6) is 5.75 Å². The number of halogens is 2. The second-order valence-corrected chi connectivity index (χ2v) is 7.16. The van der Waals surface area contributed by atoms with Gasteiger partial charge in [0.15, 0.2) is 5.52 Å².